The van der Waals surface area contributed by atoms with Crippen molar-refractivity contribution in [1.82, 2.24) is 9.45 Å². The van der Waals surface area contributed by atoms with Gasteiger partial charge >= 0.3 is 0 Å². The number of sulfonamides is 1. The van der Waals surface area contributed by atoms with Crippen molar-refractivity contribution in [2.24, 2.45) is 0 Å². The lowest BCUT2D eigenvalue weighted by molar-refractivity contribution is 0.0708. The van der Waals surface area contributed by atoms with Crippen molar-refractivity contribution < 1.29 is 36.3 Å². The van der Waals surface area contributed by atoms with Crippen molar-refractivity contribution in [3.05, 3.63) is 120 Å². The molecule has 5 aromatic carbocycles. The molecule has 1 amide bonds. The van der Waals surface area contributed by atoms with E-state index < -0.39 is 26.0 Å². The maximum Gasteiger partial charge on any atom is 0.276 e. The van der Waals surface area contributed by atoms with E-state index in [2.05, 4.69) is 16.9 Å². The van der Waals surface area contributed by atoms with Gasteiger partial charge in [-0.25, -0.2) is 26.3 Å². The number of carbonyl (C=O) groups excluding carboxylic acids is 1. The van der Waals surface area contributed by atoms with Crippen molar-refractivity contribution in [2.75, 3.05) is 11.3 Å². The van der Waals surface area contributed by atoms with Crippen molar-refractivity contribution in [1.29, 1.82) is 0 Å². The first-order valence-electron chi connectivity index (χ1n) is 16.5. The van der Waals surface area contributed by atoms with Crippen LogP contribution in [-0.2, 0) is 20.0 Å². The summed E-state index contributed by atoms with van der Waals surface area (Å²) in [6.07, 6.45) is 5.99. The van der Waals surface area contributed by atoms with Gasteiger partial charge in [-0.1, -0.05) is 49.2 Å². The second-order valence-electron chi connectivity index (χ2n) is 12.3. The van der Waals surface area contributed by atoms with Crippen LogP contribution >= 0.6 is 0 Å². The molecule has 3 N–H and O–H groups in total. The number of anilines is 1. The topological polar surface area (TPSA) is 153 Å². The maximum absolute atomic E-state index is 14.2. The quantitative estimate of drug-likeness (QED) is 0.0904. The Morgan fingerprint density at radius 3 is 2.00 bits per heavy atom. The van der Waals surface area contributed by atoms with E-state index in [1.54, 1.807) is 54.0 Å². The number of hydroxylamine groups is 1. The Kier molecular flexibility index (Phi) is 9.19. The number of carbonyl (C=O) groups is 1. The van der Waals surface area contributed by atoms with E-state index in [0.29, 0.717) is 40.5 Å². The molecule has 7 rings (SSSR count). The van der Waals surface area contributed by atoms with Gasteiger partial charge in [-0.15, -0.1) is 0 Å². The standard InChI is InChI=1S/C38H35N3O8S2/c1-2-48-27-15-19-30(20-16-27)50(44,45)40-36-23-34-35(38(42)39-43)24-41(37(34)33-10-6-5-9-32(33)36)51(46,47)31-21-17-29(18-22-31)49-28-13-11-26(12-14-28)25-7-3-4-8-25/h5-6,9-25,40,43H,2-4,7-8H2,1H3,(H,39,42). The van der Waals surface area contributed by atoms with Gasteiger partial charge in [-0.05, 0) is 98.0 Å². The average molecular weight is 726 g/mol. The highest BCUT2D eigenvalue weighted by atomic mass is 32.2. The molecule has 1 heterocycles. The van der Waals surface area contributed by atoms with E-state index in [1.807, 2.05) is 19.1 Å². The van der Waals surface area contributed by atoms with Gasteiger partial charge in [0, 0.05) is 22.4 Å². The van der Waals surface area contributed by atoms with E-state index in [1.165, 1.54) is 61.6 Å². The minimum absolute atomic E-state index is 0.0304. The fourth-order valence-electron chi connectivity index (χ4n) is 6.65. The number of hydrogen-bond donors (Lipinski definition) is 3. The van der Waals surface area contributed by atoms with Gasteiger partial charge in [-0.3, -0.25) is 14.7 Å². The molecular formula is C38H35N3O8S2. The first-order chi connectivity index (χ1) is 24.6. The molecule has 0 spiro atoms. The van der Waals surface area contributed by atoms with Crippen molar-refractivity contribution >= 4 is 53.3 Å². The van der Waals surface area contributed by atoms with Crippen LogP contribution in [0.15, 0.2) is 119 Å². The fraction of sp³-hybridized carbons (Fsp3) is 0.184. The molecular weight excluding hydrogens is 691 g/mol. The van der Waals surface area contributed by atoms with Crippen LogP contribution in [0.25, 0.3) is 21.7 Å². The predicted molar refractivity (Wildman–Crippen MR) is 194 cm³/mol. The highest BCUT2D eigenvalue weighted by molar-refractivity contribution is 7.92. The number of rotatable bonds is 11. The molecule has 0 atom stereocenters. The summed E-state index contributed by atoms with van der Waals surface area (Å²) < 4.78 is 70.5. The van der Waals surface area contributed by atoms with Crippen LogP contribution in [0.3, 0.4) is 0 Å². The van der Waals surface area contributed by atoms with Crippen molar-refractivity contribution in [3.8, 4) is 17.2 Å². The van der Waals surface area contributed by atoms with E-state index in [0.717, 1.165) is 10.2 Å². The number of benzene rings is 5. The Labute approximate surface area is 295 Å². The Morgan fingerprint density at radius 2 is 1.37 bits per heavy atom. The molecule has 1 aromatic heterocycles. The molecule has 262 valence electrons. The number of aromatic nitrogens is 1. The predicted octanol–water partition coefficient (Wildman–Crippen LogP) is 7.80. The smallest absolute Gasteiger partial charge is 0.276 e. The van der Waals surface area contributed by atoms with Crippen LogP contribution in [0, 0.1) is 0 Å². The molecule has 1 aliphatic carbocycles. The highest BCUT2D eigenvalue weighted by Crippen LogP contribution is 2.39. The largest absolute Gasteiger partial charge is 0.494 e. The SMILES string of the molecule is CCOc1ccc(S(=O)(=O)Nc2cc3c(C(=O)NO)cn(S(=O)(=O)c4ccc(Oc5ccc(C6CCCC6)cc5)cc4)c3c3ccccc23)cc1. The summed E-state index contributed by atoms with van der Waals surface area (Å²) in [5.74, 6) is 1.18. The Balaban J connectivity index is 1.25. The molecule has 11 nitrogen and oxygen atoms in total. The van der Waals surface area contributed by atoms with E-state index in [-0.39, 0.29) is 31.9 Å². The van der Waals surface area contributed by atoms with Crippen LogP contribution in [0.4, 0.5) is 5.69 Å². The Morgan fingerprint density at radius 1 is 0.784 bits per heavy atom. The Bertz CT molecular complexity index is 2450. The van der Waals surface area contributed by atoms with Gasteiger partial charge < -0.3 is 9.47 Å². The van der Waals surface area contributed by atoms with Crippen LogP contribution in [0.2, 0.25) is 0 Å². The first kappa shape index (κ1) is 34.1. The fourth-order valence-corrected chi connectivity index (χ4v) is 9.11. The summed E-state index contributed by atoms with van der Waals surface area (Å²) >= 11 is 0. The minimum atomic E-state index is -4.33. The van der Waals surface area contributed by atoms with E-state index >= 15 is 0 Å². The molecule has 0 saturated heterocycles. The highest BCUT2D eigenvalue weighted by Gasteiger charge is 2.27. The molecule has 0 aliphatic heterocycles. The zero-order chi connectivity index (χ0) is 35.8. The number of nitrogens with one attached hydrogen (secondary N) is 2. The molecule has 13 heteroatoms. The van der Waals surface area contributed by atoms with Crippen LogP contribution in [0.5, 0.6) is 17.2 Å². The third-order valence-electron chi connectivity index (χ3n) is 9.13. The second-order valence-corrected chi connectivity index (χ2v) is 15.8. The Hall–Kier alpha value is -5.37. The molecule has 1 aliphatic rings. The summed E-state index contributed by atoms with van der Waals surface area (Å²) in [5.41, 5.74) is 2.90. The second kappa shape index (κ2) is 13.7. The van der Waals surface area contributed by atoms with E-state index in [9.17, 15) is 26.8 Å². The summed E-state index contributed by atoms with van der Waals surface area (Å²) in [6.45, 7) is 2.24. The van der Waals surface area contributed by atoms with E-state index in [4.69, 9.17) is 9.47 Å². The van der Waals surface area contributed by atoms with Gasteiger partial charge in [0.05, 0.1) is 33.2 Å². The van der Waals surface area contributed by atoms with Gasteiger partial charge in [-0.2, -0.15) is 0 Å². The summed E-state index contributed by atoms with van der Waals surface area (Å²) in [5, 5.41) is 10.4. The normalized spacial score (nSPS) is 13.8. The minimum Gasteiger partial charge on any atom is -0.494 e. The third-order valence-corrected chi connectivity index (χ3v) is 12.2. The zero-order valence-electron chi connectivity index (χ0n) is 27.6. The lowest BCUT2D eigenvalue weighted by Crippen LogP contribution is -2.18. The van der Waals surface area contributed by atoms with Gasteiger partial charge in [0.15, 0.2) is 0 Å². The van der Waals surface area contributed by atoms with Gasteiger partial charge in [0.25, 0.3) is 26.0 Å². The molecule has 0 unspecified atom stereocenters. The molecule has 6 aromatic rings. The maximum atomic E-state index is 14.2. The summed E-state index contributed by atoms with van der Waals surface area (Å²) in [7, 11) is -8.47. The zero-order valence-corrected chi connectivity index (χ0v) is 29.2. The van der Waals surface area contributed by atoms with Crippen molar-refractivity contribution in [3.63, 3.8) is 0 Å². The number of amides is 1. The number of fused-ring (bicyclic) bond motifs is 3. The lowest BCUT2D eigenvalue weighted by atomic mass is 9.98. The number of hydrogen-bond acceptors (Lipinski definition) is 8. The van der Waals surface area contributed by atoms with Crippen LogP contribution < -0.4 is 19.7 Å². The summed E-state index contributed by atoms with van der Waals surface area (Å²) in [6, 6.07) is 27.8. The first-order valence-corrected chi connectivity index (χ1v) is 19.4. The lowest BCUT2D eigenvalue weighted by Gasteiger charge is -2.15. The van der Waals surface area contributed by atoms with Crippen LogP contribution in [-0.4, -0.2) is 38.5 Å². The van der Waals surface area contributed by atoms with Crippen LogP contribution in [0.1, 0.15) is 54.4 Å². The molecule has 0 bridgehead atoms. The molecule has 1 fully saturated rings. The number of nitrogens with zero attached hydrogens (tertiary/aromatic N) is 1. The van der Waals surface area contributed by atoms with Gasteiger partial charge in [0.1, 0.15) is 17.2 Å². The molecule has 0 radical (unpaired) electrons. The monoisotopic (exact) mass is 725 g/mol. The van der Waals surface area contributed by atoms with Gasteiger partial charge in [0.2, 0.25) is 0 Å². The molecule has 1 saturated carbocycles. The molecule has 51 heavy (non-hydrogen) atoms. The number of ether oxygens (including phenoxy) is 2. The average Bonchev–Trinajstić information content (AvgIpc) is 3.82. The third kappa shape index (κ3) is 6.63. The van der Waals surface area contributed by atoms with Crippen molar-refractivity contribution in [2.45, 2.75) is 48.3 Å². The summed E-state index contributed by atoms with van der Waals surface area (Å²) in [4.78, 5) is 12.8.